The number of hydrogen-bond donors (Lipinski definition) is 1. The largest absolute Gasteiger partial charge is 0.417 e. The summed E-state index contributed by atoms with van der Waals surface area (Å²) in [7, 11) is 0. The Labute approximate surface area is 95.7 Å². The fourth-order valence-corrected chi connectivity index (χ4v) is 1.50. The molecule has 0 fully saturated rings. The van der Waals surface area contributed by atoms with Crippen LogP contribution < -0.4 is 0 Å². The zero-order valence-electron chi connectivity index (χ0n) is 8.64. The predicted octanol–water partition coefficient (Wildman–Crippen LogP) is 3.76. The number of aromatic nitrogens is 1. The lowest BCUT2D eigenvalue weighted by Crippen LogP contribution is -2.11. The zero-order valence-corrected chi connectivity index (χ0v) is 9.46. The van der Waals surface area contributed by atoms with E-state index in [9.17, 15) is 13.2 Å². The lowest BCUT2D eigenvalue weighted by Gasteiger charge is -2.12. The molecule has 0 saturated carbocycles. The first-order chi connectivity index (χ1) is 7.27. The quantitative estimate of drug-likeness (QED) is 0.766. The SMILES string of the molecule is CC(C)c1cc(C(F)(F)F)c(C#N)c(=S)[nH]1. The first kappa shape index (κ1) is 12.7. The molecule has 0 spiro atoms. The zero-order chi connectivity index (χ0) is 12.5. The van der Waals surface area contributed by atoms with Crippen LogP contribution in [0.5, 0.6) is 0 Å². The first-order valence-corrected chi connectivity index (χ1v) is 4.92. The lowest BCUT2D eigenvalue weighted by molar-refractivity contribution is -0.137. The molecule has 1 aromatic heterocycles. The van der Waals surface area contributed by atoms with Gasteiger partial charge in [-0.3, -0.25) is 0 Å². The summed E-state index contributed by atoms with van der Waals surface area (Å²) >= 11 is 4.74. The van der Waals surface area contributed by atoms with Gasteiger partial charge in [0.05, 0.1) is 11.1 Å². The number of H-pyrrole nitrogens is 1. The van der Waals surface area contributed by atoms with E-state index in [0.29, 0.717) is 5.69 Å². The molecule has 2 nitrogen and oxygen atoms in total. The summed E-state index contributed by atoms with van der Waals surface area (Å²) in [6.45, 7) is 3.49. The van der Waals surface area contributed by atoms with Gasteiger partial charge in [0.1, 0.15) is 10.7 Å². The second-order valence-corrected chi connectivity index (χ2v) is 4.01. The molecule has 0 aliphatic carbocycles. The number of pyridine rings is 1. The van der Waals surface area contributed by atoms with Crippen LogP contribution in [0.3, 0.4) is 0 Å². The van der Waals surface area contributed by atoms with Crippen molar-refractivity contribution < 1.29 is 13.2 Å². The molecule has 0 unspecified atom stereocenters. The van der Waals surface area contributed by atoms with E-state index in [2.05, 4.69) is 4.98 Å². The molecule has 0 atom stereocenters. The molecule has 0 amide bonds. The van der Waals surface area contributed by atoms with Gasteiger partial charge in [-0.2, -0.15) is 18.4 Å². The number of nitrogens with one attached hydrogen (secondary N) is 1. The third-order valence-electron chi connectivity index (χ3n) is 2.09. The highest BCUT2D eigenvalue weighted by Gasteiger charge is 2.34. The molecule has 0 bridgehead atoms. The van der Waals surface area contributed by atoms with Crippen LogP contribution in [0.15, 0.2) is 6.07 Å². The van der Waals surface area contributed by atoms with Gasteiger partial charge in [-0.1, -0.05) is 26.1 Å². The van der Waals surface area contributed by atoms with E-state index in [1.54, 1.807) is 13.8 Å². The fourth-order valence-electron chi connectivity index (χ4n) is 1.23. The van der Waals surface area contributed by atoms with E-state index in [1.807, 2.05) is 0 Å². The summed E-state index contributed by atoms with van der Waals surface area (Å²) in [6.07, 6.45) is -4.56. The van der Waals surface area contributed by atoms with Gasteiger partial charge in [-0.15, -0.1) is 0 Å². The second-order valence-electron chi connectivity index (χ2n) is 3.61. The van der Waals surface area contributed by atoms with E-state index >= 15 is 0 Å². The van der Waals surface area contributed by atoms with Gasteiger partial charge in [-0.25, -0.2) is 0 Å². The van der Waals surface area contributed by atoms with Gasteiger partial charge in [-0.05, 0) is 12.0 Å². The molecule has 0 aromatic carbocycles. The van der Waals surface area contributed by atoms with Gasteiger partial charge >= 0.3 is 6.18 Å². The average Bonchev–Trinajstić information content (AvgIpc) is 2.14. The molecule has 0 saturated heterocycles. The summed E-state index contributed by atoms with van der Waals surface area (Å²) in [5, 5.41) is 8.66. The van der Waals surface area contributed by atoms with Crippen molar-refractivity contribution in [2.75, 3.05) is 0 Å². The second kappa shape index (κ2) is 4.26. The summed E-state index contributed by atoms with van der Waals surface area (Å²) < 4.78 is 37.8. The third-order valence-corrected chi connectivity index (χ3v) is 2.40. The van der Waals surface area contributed by atoms with Crippen molar-refractivity contribution >= 4 is 12.2 Å². The normalized spacial score (nSPS) is 11.6. The van der Waals surface area contributed by atoms with E-state index in [0.717, 1.165) is 6.07 Å². The van der Waals surface area contributed by atoms with Gasteiger partial charge in [0.2, 0.25) is 0 Å². The lowest BCUT2D eigenvalue weighted by atomic mass is 10.0. The van der Waals surface area contributed by atoms with Crippen molar-refractivity contribution in [3.8, 4) is 6.07 Å². The Morgan fingerprint density at radius 3 is 2.38 bits per heavy atom. The predicted molar refractivity (Wildman–Crippen MR) is 55.4 cm³/mol. The number of alkyl halides is 3. The molecule has 86 valence electrons. The first-order valence-electron chi connectivity index (χ1n) is 4.52. The topological polar surface area (TPSA) is 39.6 Å². The Balaban J connectivity index is 3.58. The maximum atomic E-state index is 12.6. The highest BCUT2D eigenvalue weighted by molar-refractivity contribution is 7.71. The van der Waals surface area contributed by atoms with Crippen molar-refractivity contribution in [3.05, 3.63) is 27.5 Å². The highest BCUT2D eigenvalue weighted by atomic mass is 32.1. The number of halogens is 3. The van der Waals surface area contributed by atoms with Crippen LogP contribution in [0.4, 0.5) is 13.2 Å². The molecular weight excluding hydrogens is 237 g/mol. The Kier molecular flexibility index (Phi) is 3.38. The minimum Gasteiger partial charge on any atom is -0.349 e. The molecule has 1 rings (SSSR count). The van der Waals surface area contributed by atoms with Crippen LogP contribution in [0.1, 0.15) is 36.6 Å². The van der Waals surface area contributed by atoms with Crippen LogP contribution in [0.25, 0.3) is 0 Å². The van der Waals surface area contributed by atoms with Crippen molar-refractivity contribution in [2.45, 2.75) is 25.9 Å². The summed E-state index contributed by atoms with van der Waals surface area (Å²) in [5.74, 6) is -0.115. The van der Waals surface area contributed by atoms with Crippen molar-refractivity contribution in [1.29, 1.82) is 5.26 Å². The van der Waals surface area contributed by atoms with E-state index < -0.39 is 17.3 Å². The Morgan fingerprint density at radius 2 is 2.00 bits per heavy atom. The third kappa shape index (κ3) is 2.42. The maximum absolute atomic E-state index is 12.6. The number of nitriles is 1. The molecule has 0 radical (unpaired) electrons. The van der Waals surface area contributed by atoms with Crippen molar-refractivity contribution in [1.82, 2.24) is 4.98 Å². The van der Waals surface area contributed by atoms with Crippen molar-refractivity contribution in [2.24, 2.45) is 0 Å². The Bertz CT molecular complexity index is 494. The molecule has 16 heavy (non-hydrogen) atoms. The Morgan fingerprint density at radius 1 is 1.44 bits per heavy atom. The van der Waals surface area contributed by atoms with Gasteiger partial charge in [0, 0.05) is 5.69 Å². The molecule has 6 heteroatoms. The van der Waals surface area contributed by atoms with Crippen LogP contribution in [-0.2, 0) is 6.18 Å². The van der Waals surface area contributed by atoms with Gasteiger partial charge in [0.15, 0.2) is 0 Å². The van der Waals surface area contributed by atoms with Gasteiger partial charge < -0.3 is 4.98 Å². The van der Waals surface area contributed by atoms with Crippen LogP contribution in [0.2, 0.25) is 0 Å². The standard InChI is InChI=1S/C10H9F3N2S/c1-5(2)8-3-7(10(11,12)13)6(4-14)9(16)15-8/h3,5H,1-2H3,(H,15,16). The van der Waals surface area contributed by atoms with Crippen LogP contribution in [0, 0.1) is 16.0 Å². The summed E-state index contributed by atoms with van der Waals surface area (Å²) in [6, 6.07) is 2.42. The molecule has 0 aliphatic heterocycles. The summed E-state index contributed by atoms with van der Waals surface area (Å²) in [4.78, 5) is 2.63. The number of aromatic amines is 1. The monoisotopic (exact) mass is 246 g/mol. The van der Waals surface area contributed by atoms with Crippen LogP contribution >= 0.6 is 12.2 Å². The summed E-state index contributed by atoms with van der Waals surface area (Å²) in [5.41, 5.74) is -1.12. The van der Waals surface area contributed by atoms with E-state index in [-0.39, 0.29) is 10.6 Å². The molecular formula is C10H9F3N2S. The fraction of sp³-hybridized carbons (Fsp3) is 0.400. The highest BCUT2D eigenvalue weighted by Crippen LogP contribution is 2.33. The van der Waals surface area contributed by atoms with Gasteiger partial charge in [0.25, 0.3) is 0 Å². The van der Waals surface area contributed by atoms with E-state index in [1.165, 1.54) is 6.07 Å². The number of nitrogens with zero attached hydrogens (tertiary/aromatic N) is 1. The van der Waals surface area contributed by atoms with Crippen molar-refractivity contribution in [3.63, 3.8) is 0 Å². The number of hydrogen-bond acceptors (Lipinski definition) is 2. The molecule has 0 aliphatic rings. The number of rotatable bonds is 1. The smallest absolute Gasteiger partial charge is 0.349 e. The molecule has 1 heterocycles. The average molecular weight is 246 g/mol. The molecule has 1 aromatic rings. The minimum absolute atomic E-state index is 0.115. The molecule has 1 N–H and O–H groups in total. The maximum Gasteiger partial charge on any atom is 0.417 e. The van der Waals surface area contributed by atoms with Crippen LogP contribution in [-0.4, -0.2) is 4.98 Å². The Hall–Kier alpha value is -1.35. The minimum atomic E-state index is -4.56. The van der Waals surface area contributed by atoms with E-state index in [4.69, 9.17) is 17.5 Å².